The molecule has 0 fully saturated rings. The smallest absolute Gasteiger partial charge is 0.266 e. The number of hydrazone groups is 1. The molecule has 0 bridgehead atoms. The van der Waals surface area contributed by atoms with Crippen molar-refractivity contribution in [2.75, 3.05) is 5.75 Å². The summed E-state index contributed by atoms with van der Waals surface area (Å²) >= 11 is 10.3. The quantitative estimate of drug-likeness (QED) is 0.157. The minimum atomic E-state index is -0.460. The Balaban J connectivity index is 1.56. The average Bonchev–Trinajstić information content (AvgIpc) is 2.81. The number of hydrogen-bond acceptors (Lipinski definition) is 5. The zero-order valence-electron chi connectivity index (χ0n) is 16.8. The van der Waals surface area contributed by atoms with Crippen LogP contribution in [0.1, 0.15) is 5.56 Å². The van der Waals surface area contributed by atoms with Gasteiger partial charge in [-0.2, -0.15) is 5.10 Å². The summed E-state index contributed by atoms with van der Waals surface area (Å²) < 4.78 is 15.9. The number of nitrogens with one attached hydrogen (secondary N) is 1. The number of halogens is 3. The van der Waals surface area contributed by atoms with E-state index in [-0.39, 0.29) is 16.9 Å². The molecule has 0 unspecified atom stereocenters. The monoisotopic (exact) mass is 544 g/mol. The molecule has 166 valence electrons. The van der Waals surface area contributed by atoms with Gasteiger partial charge in [-0.25, -0.2) is 14.8 Å². The fourth-order valence-corrected chi connectivity index (χ4v) is 4.29. The highest BCUT2D eigenvalue weighted by Crippen LogP contribution is 2.22. The number of rotatable bonds is 6. The van der Waals surface area contributed by atoms with E-state index >= 15 is 0 Å². The minimum absolute atomic E-state index is 0.0589. The summed E-state index contributed by atoms with van der Waals surface area (Å²) in [7, 11) is 0. The van der Waals surface area contributed by atoms with E-state index in [9.17, 15) is 14.0 Å². The van der Waals surface area contributed by atoms with Crippen molar-refractivity contribution in [3.05, 3.63) is 98.0 Å². The maximum atomic E-state index is 13.8. The van der Waals surface area contributed by atoms with Crippen LogP contribution in [0.4, 0.5) is 4.39 Å². The number of fused-ring (bicyclic) bond motifs is 1. The number of thioether (sulfide) groups is 1. The van der Waals surface area contributed by atoms with Crippen LogP contribution in [0.25, 0.3) is 16.6 Å². The number of hydrogen-bond donors (Lipinski definition) is 1. The van der Waals surface area contributed by atoms with E-state index in [1.807, 2.05) is 0 Å². The molecule has 1 amide bonds. The van der Waals surface area contributed by atoms with Crippen LogP contribution in [0.15, 0.2) is 86.3 Å². The molecule has 0 atom stereocenters. The maximum Gasteiger partial charge on any atom is 0.266 e. The largest absolute Gasteiger partial charge is 0.272 e. The molecular weight excluding hydrogens is 531 g/mol. The van der Waals surface area contributed by atoms with Crippen molar-refractivity contribution in [3.63, 3.8) is 0 Å². The third kappa shape index (κ3) is 5.50. The van der Waals surface area contributed by atoms with E-state index in [0.717, 1.165) is 11.8 Å². The van der Waals surface area contributed by atoms with Gasteiger partial charge in [0, 0.05) is 15.1 Å². The molecule has 0 saturated carbocycles. The first-order chi connectivity index (χ1) is 15.9. The van der Waals surface area contributed by atoms with E-state index in [2.05, 4.69) is 31.4 Å². The summed E-state index contributed by atoms with van der Waals surface area (Å²) in [4.78, 5) is 30.1. The normalized spacial score (nSPS) is 11.2. The predicted octanol–water partition coefficient (Wildman–Crippen LogP) is 5.18. The van der Waals surface area contributed by atoms with Crippen molar-refractivity contribution in [2.45, 2.75) is 5.16 Å². The van der Waals surface area contributed by atoms with Crippen LogP contribution < -0.4 is 11.0 Å². The fraction of sp³-hybridized carbons (Fsp3) is 0.0435. The minimum Gasteiger partial charge on any atom is -0.272 e. The number of nitrogens with zero attached hydrogens (tertiary/aromatic N) is 3. The van der Waals surface area contributed by atoms with Crippen LogP contribution in [-0.4, -0.2) is 27.4 Å². The van der Waals surface area contributed by atoms with Crippen LogP contribution >= 0.6 is 39.3 Å². The lowest BCUT2D eigenvalue weighted by Crippen LogP contribution is -2.24. The molecule has 4 aromatic rings. The molecule has 1 heterocycles. The first-order valence-electron chi connectivity index (χ1n) is 9.60. The number of carbonyl (C=O) groups excluding carboxylic acids is 1. The van der Waals surface area contributed by atoms with Gasteiger partial charge in [-0.3, -0.25) is 14.2 Å². The Kier molecular flexibility index (Phi) is 7.22. The molecule has 0 aliphatic rings. The molecule has 33 heavy (non-hydrogen) atoms. The topological polar surface area (TPSA) is 76.3 Å². The number of amides is 1. The van der Waals surface area contributed by atoms with Gasteiger partial charge in [0.05, 0.1) is 28.6 Å². The zero-order valence-corrected chi connectivity index (χ0v) is 20.0. The number of aromatic nitrogens is 2. The SMILES string of the molecule is O=C(CSc1nc2ccccc2c(=O)n1-c1ccc(Cl)cc1)NN=Cc1cc(Br)ccc1F. The van der Waals surface area contributed by atoms with E-state index in [1.54, 1.807) is 60.7 Å². The molecule has 4 rings (SSSR count). The van der Waals surface area contributed by atoms with Gasteiger partial charge < -0.3 is 0 Å². The van der Waals surface area contributed by atoms with Crippen LogP contribution in [0.5, 0.6) is 0 Å². The van der Waals surface area contributed by atoms with Crippen LogP contribution in [-0.2, 0) is 4.79 Å². The van der Waals surface area contributed by atoms with Crippen molar-refractivity contribution < 1.29 is 9.18 Å². The summed E-state index contributed by atoms with van der Waals surface area (Å²) in [6.45, 7) is 0. The van der Waals surface area contributed by atoms with Crippen molar-refractivity contribution in [1.82, 2.24) is 15.0 Å². The number of benzene rings is 3. The Morgan fingerprint density at radius 1 is 1.18 bits per heavy atom. The maximum absolute atomic E-state index is 13.8. The molecule has 10 heteroatoms. The molecule has 0 aliphatic carbocycles. The number of para-hydroxylation sites is 1. The van der Waals surface area contributed by atoms with Crippen molar-refractivity contribution in [1.29, 1.82) is 0 Å². The highest BCUT2D eigenvalue weighted by atomic mass is 79.9. The zero-order chi connectivity index (χ0) is 23.4. The molecule has 6 nitrogen and oxygen atoms in total. The highest BCUT2D eigenvalue weighted by molar-refractivity contribution is 9.10. The standard InChI is InChI=1S/C23H15BrClFN4O2S/c24-15-5-10-19(26)14(11-15)12-27-29-21(31)13-33-23-28-20-4-2-1-3-18(20)22(32)30(23)17-8-6-16(25)7-9-17/h1-12H,13H2,(H,29,31). The van der Waals surface area contributed by atoms with Gasteiger partial charge in [0.1, 0.15) is 5.82 Å². The van der Waals surface area contributed by atoms with E-state index in [0.29, 0.717) is 31.2 Å². The second kappa shape index (κ2) is 10.3. The average molecular weight is 546 g/mol. The Bertz CT molecular complexity index is 1430. The Hall–Kier alpha value is -3.01. The van der Waals surface area contributed by atoms with Gasteiger partial charge in [0.25, 0.3) is 11.5 Å². The van der Waals surface area contributed by atoms with Gasteiger partial charge in [-0.1, -0.05) is 51.4 Å². The molecule has 0 saturated heterocycles. The van der Waals surface area contributed by atoms with Crippen molar-refractivity contribution in [3.8, 4) is 5.69 Å². The third-order valence-electron chi connectivity index (χ3n) is 4.51. The second-order valence-corrected chi connectivity index (χ2v) is 9.07. The lowest BCUT2D eigenvalue weighted by molar-refractivity contribution is -0.118. The molecular formula is C23H15BrClFN4O2S. The lowest BCUT2D eigenvalue weighted by atomic mass is 10.2. The highest BCUT2D eigenvalue weighted by Gasteiger charge is 2.14. The van der Waals surface area contributed by atoms with Crippen LogP contribution in [0.2, 0.25) is 5.02 Å². The van der Waals surface area contributed by atoms with Gasteiger partial charge in [-0.05, 0) is 54.6 Å². The predicted molar refractivity (Wildman–Crippen MR) is 133 cm³/mol. The van der Waals surface area contributed by atoms with Gasteiger partial charge >= 0.3 is 0 Å². The number of carbonyl (C=O) groups is 1. The van der Waals surface area contributed by atoms with E-state index in [4.69, 9.17) is 11.6 Å². The molecule has 1 N–H and O–H groups in total. The van der Waals surface area contributed by atoms with E-state index in [1.165, 1.54) is 16.8 Å². The summed E-state index contributed by atoms with van der Waals surface area (Å²) in [5.41, 5.74) is 3.44. The first-order valence-corrected chi connectivity index (χ1v) is 11.8. The molecule has 0 spiro atoms. The van der Waals surface area contributed by atoms with Gasteiger partial charge in [0.2, 0.25) is 0 Å². The van der Waals surface area contributed by atoms with Crippen molar-refractivity contribution in [2.24, 2.45) is 5.10 Å². The van der Waals surface area contributed by atoms with Crippen LogP contribution in [0, 0.1) is 5.82 Å². The van der Waals surface area contributed by atoms with Gasteiger partial charge in [-0.15, -0.1) is 0 Å². The molecule has 0 aliphatic heterocycles. The summed E-state index contributed by atoms with van der Waals surface area (Å²) in [5.74, 6) is -0.953. The van der Waals surface area contributed by atoms with Crippen molar-refractivity contribution >= 4 is 62.3 Å². The molecule has 0 radical (unpaired) electrons. The Morgan fingerprint density at radius 3 is 2.73 bits per heavy atom. The fourth-order valence-electron chi connectivity index (χ4n) is 2.98. The molecule has 3 aromatic carbocycles. The second-order valence-electron chi connectivity index (χ2n) is 6.78. The Labute approximate surface area is 205 Å². The summed E-state index contributed by atoms with van der Waals surface area (Å²) in [6, 6.07) is 18.2. The summed E-state index contributed by atoms with van der Waals surface area (Å²) in [6.07, 6.45) is 1.22. The Morgan fingerprint density at radius 2 is 1.94 bits per heavy atom. The molecule has 1 aromatic heterocycles. The van der Waals surface area contributed by atoms with E-state index < -0.39 is 11.7 Å². The first kappa shape index (κ1) is 23.2. The third-order valence-corrected chi connectivity index (χ3v) is 6.20. The van der Waals surface area contributed by atoms with Crippen LogP contribution in [0.3, 0.4) is 0 Å². The lowest BCUT2D eigenvalue weighted by Gasteiger charge is -2.13. The summed E-state index contributed by atoms with van der Waals surface area (Å²) in [5, 5.41) is 5.15. The van der Waals surface area contributed by atoms with Gasteiger partial charge in [0.15, 0.2) is 5.16 Å².